The number of nitrogens with one attached hydrogen (secondary N) is 1. The Hall–Kier alpha value is -2.56. The highest BCUT2D eigenvalue weighted by atomic mass is 16.6. The van der Waals surface area contributed by atoms with Gasteiger partial charge in [-0.15, -0.1) is 0 Å². The first kappa shape index (κ1) is 12.9. The van der Waals surface area contributed by atoms with Gasteiger partial charge in [-0.2, -0.15) is 0 Å². The van der Waals surface area contributed by atoms with Gasteiger partial charge in [0.15, 0.2) is 12.4 Å². The molecule has 98 valence electrons. The summed E-state index contributed by atoms with van der Waals surface area (Å²) in [5.74, 6) is 0.352. The summed E-state index contributed by atoms with van der Waals surface area (Å²) in [7, 11) is 0. The van der Waals surface area contributed by atoms with Crippen LogP contribution in [0.2, 0.25) is 0 Å². The maximum atomic E-state index is 11.6. The molecule has 1 aromatic carbocycles. The molecule has 0 bridgehead atoms. The fraction of sp³-hybridized carbons (Fsp3) is 0.143. The van der Waals surface area contributed by atoms with E-state index in [0.29, 0.717) is 11.5 Å². The van der Waals surface area contributed by atoms with Gasteiger partial charge in [0.1, 0.15) is 5.71 Å². The van der Waals surface area contributed by atoms with Gasteiger partial charge in [0.2, 0.25) is 0 Å². The number of nitrogens with zero attached hydrogens (tertiary/aromatic N) is 1. The van der Waals surface area contributed by atoms with E-state index in [1.165, 1.54) is 0 Å². The van der Waals surface area contributed by atoms with Crippen LogP contribution < -0.4 is 5.32 Å². The third kappa shape index (κ3) is 3.99. The lowest BCUT2D eigenvalue weighted by molar-refractivity contribution is -0.120. The van der Waals surface area contributed by atoms with E-state index in [0.717, 1.165) is 5.69 Å². The lowest BCUT2D eigenvalue weighted by Gasteiger charge is -2.04. The lowest BCUT2D eigenvalue weighted by atomic mass is 10.3. The molecular weight excluding hydrogens is 244 g/mol. The number of oxime groups is 1. The Labute approximate surface area is 110 Å². The first-order valence-corrected chi connectivity index (χ1v) is 5.81. The van der Waals surface area contributed by atoms with Gasteiger partial charge in [-0.05, 0) is 31.2 Å². The minimum Gasteiger partial charge on any atom is -0.463 e. The summed E-state index contributed by atoms with van der Waals surface area (Å²) in [5, 5.41) is 6.50. The van der Waals surface area contributed by atoms with Gasteiger partial charge in [-0.1, -0.05) is 23.4 Å². The van der Waals surface area contributed by atoms with Crippen molar-refractivity contribution in [3.8, 4) is 0 Å². The zero-order valence-electron chi connectivity index (χ0n) is 10.5. The largest absolute Gasteiger partial charge is 0.463 e. The molecule has 1 heterocycles. The van der Waals surface area contributed by atoms with E-state index in [9.17, 15) is 4.79 Å². The molecule has 0 unspecified atom stereocenters. The van der Waals surface area contributed by atoms with E-state index >= 15 is 0 Å². The first-order chi connectivity index (χ1) is 9.25. The van der Waals surface area contributed by atoms with E-state index in [1.807, 2.05) is 18.2 Å². The highest BCUT2D eigenvalue weighted by Gasteiger charge is 2.04. The van der Waals surface area contributed by atoms with Crippen LogP contribution in [0, 0.1) is 0 Å². The zero-order chi connectivity index (χ0) is 13.5. The average Bonchev–Trinajstić information content (AvgIpc) is 2.93. The Bertz CT molecular complexity index is 547. The van der Waals surface area contributed by atoms with Crippen molar-refractivity contribution >= 4 is 17.3 Å². The van der Waals surface area contributed by atoms with Gasteiger partial charge < -0.3 is 14.6 Å². The smallest absolute Gasteiger partial charge is 0.265 e. The van der Waals surface area contributed by atoms with Gasteiger partial charge in [0.05, 0.1) is 6.26 Å². The third-order valence-corrected chi connectivity index (χ3v) is 2.33. The highest BCUT2D eigenvalue weighted by Crippen LogP contribution is 2.05. The van der Waals surface area contributed by atoms with Crippen molar-refractivity contribution < 1.29 is 14.0 Å². The van der Waals surface area contributed by atoms with Crippen molar-refractivity contribution in [3.63, 3.8) is 0 Å². The number of carbonyl (C=O) groups excluding carboxylic acids is 1. The number of benzene rings is 1. The molecule has 0 aliphatic carbocycles. The van der Waals surface area contributed by atoms with Crippen molar-refractivity contribution in [2.24, 2.45) is 5.16 Å². The number of furan rings is 1. The van der Waals surface area contributed by atoms with Crippen LogP contribution in [0.25, 0.3) is 0 Å². The fourth-order valence-electron chi connectivity index (χ4n) is 1.44. The molecule has 19 heavy (non-hydrogen) atoms. The van der Waals surface area contributed by atoms with Crippen LogP contribution >= 0.6 is 0 Å². The molecule has 1 N–H and O–H groups in total. The van der Waals surface area contributed by atoms with Gasteiger partial charge >= 0.3 is 0 Å². The van der Waals surface area contributed by atoms with Crippen LogP contribution in [0.4, 0.5) is 5.69 Å². The SMILES string of the molecule is C/C(=N/OCC(=O)Nc1ccccc1)c1ccco1. The molecule has 0 radical (unpaired) electrons. The minimum absolute atomic E-state index is 0.146. The fourth-order valence-corrected chi connectivity index (χ4v) is 1.44. The monoisotopic (exact) mass is 258 g/mol. The third-order valence-electron chi connectivity index (χ3n) is 2.33. The van der Waals surface area contributed by atoms with Crippen molar-refractivity contribution in [1.29, 1.82) is 0 Å². The van der Waals surface area contributed by atoms with E-state index in [4.69, 9.17) is 9.25 Å². The van der Waals surface area contributed by atoms with E-state index < -0.39 is 0 Å². The summed E-state index contributed by atoms with van der Waals surface area (Å²) in [6.45, 7) is 1.60. The molecule has 0 saturated heterocycles. The highest BCUT2D eigenvalue weighted by molar-refractivity contribution is 5.96. The molecule has 1 aromatic heterocycles. The van der Waals surface area contributed by atoms with Crippen molar-refractivity contribution in [2.75, 3.05) is 11.9 Å². The maximum absolute atomic E-state index is 11.6. The summed E-state index contributed by atoms with van der Waals surface area (Å²) >= 11 is 0. The number of para-hydroxylation sites is 1. The van der Waals surface area contributed by atoms with E-state index in [-0.39, 0.29) is 12.5 Å². The van der Waals surface area contributed by atoms with Crippen LogP contribution in [-0.4, -0.2) is 18.2 Å². The Morgan fingerprint density at radius 1 is 1.26 bits per heavy atom. The second-order valence-corrected chi connectivity index (χ2v) is 3.84. The van der Waals surface area contributed by atoms with Crippen LogP contribution in [0.5, 0.6) is 0 Å². The summed E-state index contributed by atoms with van der Waals surface area (Å²) in [5.41, 5.74) is 1.31. The molecule has 0 atom stereocenters. The lowest BCUT2D eigenvalue weighted by Crippen LogP contribution is -2.17. The van der Waals surface area contributed by atoms with Crippen LogP contribution in [0.1, 0.15) is 12.7 Å². The van der Waals surface area contributed by atoms with E-state index in [2.05, 4.69) is 10.5 Å². The molecule has 5 nitrogen and oxygen atoms in total. The number of carbonyl (C=O) groups is 1. The Kier molecular flexibility index (Phi) is 4.34. The van der Waals surface area contributed by atoms with E-state index in [1.54, 1.807) is 37.5 Å². The maximum Gasteiger partial charge on any atom is 0.265 e. The second-order valence-electron chi connectivity index (χ2n) is 3.84. The molecule has 2 aromatic rings. The van der Waals surface area contributed by atoms with Crippen molar-refractivity contribution in [3.05, 3.63) is 54.5 Å². The number of hydrogen-bond donors (Lipinski definition) is 1. The molecule has 0 saturated carbocycles. The number of hydrogen-bond acceptors (Lipinski definition) is 4. The van der Waals surface area contributed by atoms with Gasteiger partial charge in [0, 0.05) is 5.69 Å². The van der Waals surface area contributed by atoms with Gasteiger partial charge in [0.25, 0.3) is 5.91 Å². The van der Waals surface area contributed by atoms with Gasteiger partial charge in [-0.25, -0.2) is 0 Å². The van der Waals surface area contributed by atoms with Gasteiger partial charge in [-0.3, -0.25) is 4.79 Å². The average molecular weight is 258 g/mol. The van der Waals surface area contributed by atoms with Crippen LogP contribution in [-0.2, 0) is 9.63 Å². The summed E-state index contributed by atoms with van der Waals surface area (Å²) in [4.78, 5) is 16.5. The summed E-state index contributed by atoms with van der Waals surface area (Å²) in [6.07, 6.45) is 1.55. The molecule has 2 rings (SSSR count). The Morgan fingerprint density at radius 2 is 2.05 bits per heavy atom. The normalized spacial score (nSPS) is 11.1. The molecule has 0 spiro atoms. The predicted molar refractivity (Wildman–Crippen MR) is 71.9 cm³/mol. The van der Waals surface area contributed by atoms with Crippen molar-refractivity contribution in [2.45, 2.75) is 6.92 Å². The first-order valence-electron chi connectivity index (χ1n) is 5.81. The standard InChI is InChI=1S/C14H14N2O3/c1-11(13-8-5-9-18-13)16-19-10-14(17)15-12-6-3-2-4-7-12/h2-9H,10H2,1H3,(H,15,17)/b16-11-. The molecule has 0 aliphatic heterocycles. The Morgan fingerprint density at radius 3 is 2.74 bits per heavy atom. The number of anilines is 1. The second kappa shape index (κ2) is 6.39. The van der Waals surface area contributed by atoms with Crippen LogP contribution in [0.3, 0.4) is 0 Å². The van der Waals surface area contributed by atoms with Crippen LogP contribution in [0.15, 0.2) is 58.3 Å². The number of amides is 1. The molecule has 1 amide bonds. The van der Waals surface area contributed by atoms with Crippen molar-refractivity contribution in [1.82, 2.24) is 0 Å². The predicted octanol–water partition coefficient (Wildman–Crippen LogP) is 2.66. The number of rotatable bonds is 5. The molecule has 5 heteroatoms. The molecular formula is C14H14N2O3. The molecule has 0 fully saturated rings. The summed E-state index contributed by atoms with van der Waals surface area (Å²) < 4.78 is 5.14. The molecule has 0 aliphatic rings. The topological polar surface area (TPSA) is 63.8 Å². The zero-order valence-corrected chi connectivity index (χ0v) is 10.5. The quantitative estimate of drug-likeness (QED) is 0.662. The summed E-state index contributed by atoms with van der Waals surface area (Å²) in [6, 6.07) is 12.7. The Balaban J connectivity index is 1.80. The minimum atomic E-state index is -0.262.